The Kier molecular flexibility index (Phi) is 3.97. The van der Waals surface area contributed by atoms with E-state index in [1.165, 1.54) is 30.4 Å². The molecule has 0 amide bonds. The number of fused-ring (bicyclic) bond motifs is 1. The average Bonchev–Trinajstić information content (AvgIpc) is 2.93. The molecule has 0 unspecified atom stereocenters. The van der Waals surface area contributed by atoms with Crippen molar-refractivity contribution in [2.75, 3.05) is 6.54 Å². The smallest absolute Gasteiger partial charge is 0.219 e. The highest BCUT2D eigenvalue weighted by molar-refractivity contribution is 5.39. The third-order valence-corrected chi connectivity index (χ3v) is 3.63. The molecule has 1 heterocycles. The predicted octanol–water partition coefficient (Wildman–Crippen LogP) is 3.47. The summed E-state index contributed by atoms with van der Waals surface area (Å²) in [4.78, 5) is 4.51. The van der Waals surface area contributed by atoms with Crippen LogP contribution < -0.4 is 10.1 Å². The number of hydrogen-bond acceptors (Lipinski definition) is 3. The first-order chi connectivity index (χ1) is 9.85. The van der Waals surface area contributed by atoms with Crippen molar-refractivity contribution >= 4 is 0 Å². The number of ether oxygens (including phenoxy) is 1. The van der Waals surface area contributed by atoms with E-state index in [4.69, 9.17) is 4.74 Å². The summed E-state index contributed by atoms with van der Waals surface area (Å²) < 4.78 is 5.89. The zero-order valence-corrected chi connectivity index (χ0v) is 11.9. The Bertz CT molecular complexity index is 595. The lowest BCUT2D eigenvalue weighted by molar-refractivity contribution is 0.459. The van der Waals surface area contributed by atoms with Crippen LogP contribution in [0.5, 0.6) is 11.6 Å². The number of aromatic nitrogens is 1. The molecule has 3 rings (SSSR count). The summed E-state index contributed by atoms with van der Waals surface area (Å²) in [6, 6.07) is 12.3. The Morgan fingerprint density at radius 2 is 2.05 bits per heavy atom. The van der Waals surface area contributed by atoms with Gasteiger partial charge in [0.15, 0.2) is 0 Å². The van der Waals surface area contributed by atoms with Crippen LogP contribution in [0, 0.1) is 0 Å². The number of hydrogen-bond donors (Lipinski definition) is 1. The van der Waals surface area contributed by atoms with Crippen molar-refractivity contribution in [3.8, 4) is 11.6 Å². The second kappa shape index (κ2) is 6.06. The van der Waals surface area contributed by atoms with E-state index < -0.39 is 0 Å². The Hall–Kier alpha value is -1.87. The van der Waals surface area contributed by atoms with Crippen molar-refractivity contribution in [3.63, 3.8) is 0 Å². The van der Waals surface area contributed by atoms with Gasteiger partial charge in [-0.1, -0.05) is 19.1 Å². The summed E-state index contributed by atoms with van der Waals surface area (Å²) in [5.74, 6) is 1.55. The first-order valence-electron chi connectivity index (χ1n) is 7.31. The topological polar surface area (TPSA) is 34.1 Å². The fraction of sp³-hybridized carbons (Fsp3) is 0.353. The van der Waals surface area contributed by atoms with Gasteiger partial charge in [-0.05, 0) is 55.1 Å². The lowest BCUT2D eigenvalue weighted by Gasteiger charge is -2.08. The first kappa shape index (κ1) is 13.1. The molecule has 1 N–H and O–H groups in total. The molecule has 3 nitrogen and oxygen atoms in total. The van der Waals surface area contributed by atoms with E-state index in [1.807, 2.05) is 24.3 Å². The van der Waals surface area contributed by atoms with Gasteiger partial charge in [0.2, 0.25) is 5.88 Å². The van der Waals surface area contributed by atoms with Gasteiger partial charge in [-0.3, -0.25) is 0 Å². The summed E-state index contributed by atoms with van der Waals surface area (Å²) in [6.07, 6.45) is 3.63. The molecular formula is C17H20N2O. The second-order valence-electron chi connectivity index (χ2n) is 5.13. The van der Waals surface area contributed by atoms with Gasteiger partial charge >= 0.3 is 0 Å². The minimum absolute atomic E-state index is 0.665. The number of pyridine rings is 1. The summed E-state index contributed by atoms with van der Waals surface area (Å²) in [7, 11) is 0. The van der Waals surface area contributed by atoms with Crippen LogP contribution >= 0.6 is 0 Å². The van der Waals surface area contributed by atoms with Crippen molar-refractivity contribution < 1.29 is 4.74 Å². The maximum atomic E-state index is 5.89. The zero-order chi connectivity index (χ0) is 13.8. The van der Waals surface area contributed by atoms with E-state index in [0.29, 0.717) is 5.88 Å². The Morgan fingerprint density at radius 3 is 2.95 bits per heavy atom. The predicted molar refractivity (Wildman–Crippen MR) is 80.2 cm³/mol. The minimum atomic E-state index is 0.665. The quantitative estimate of drug-likeness (QED) is 0.901. The molecule has 0 spiro atoms. The molecule has 0 radical (unpaired) electrons. The van der Waals surface area contributed by atoms with Crippen molar-refractivity contribution in [2.45, 2.75) is 32.7 Å². The fourth-order valence-corrected chi connectivity index (χ4v) is 2.60. The van der Waals surface area contributed by atoms with E-state index >= 15 is 0 Å². The average molecular weight is 268 g/mol. The molecule has 1 aromatic heterocycles. The molecule has 20 heavy (non-hydrogen) atoms. The van der Waals surface area contributed by atoms with Gasteiger partial charge in [0.05, 0.1) is 5.69 Å². The molecule has 0 fully saturated rings. The molecule has 0 saturated heterocycles. The highest BCUT2D eigenvalue weighted by atomic mass is 16.5. The third kappa shape index (κ3) is 2.99. The maximum Gasteiger partial charge on any atom is 0.219 e. The van der Waals surface area contributed by atoms with E-state index in [1.54, 1.807) is 0 Å². The van der Waals surface area contributed by atoms with Gasteiger partial charge in [-0.25, -0.2) is 4.98 Å². The molecular weight excluding hydrogens is 248 g/mol. The van der Waals surface area contributed by atoms with Gasteiger partial charge in [0.1, 0.15) is 5.75 Å². The van der Waals surface area contributed by atoms with Crippen LogP contribution in [0.4, 0.5) is 0 Å². The number of nitrogens with one attached hydrogen (secondary N) is 1. The van der Waals surface area contributed by atoms with Gasteiger partial charge in [-0.2, -0.15) is 0 Å². The molecule has 1 aromatic carbocycles. The monoisotopic (exact) mass is 268 g/mol. The number of rotatable bonds is 5. The summed E-state index contributed by atoms with van der Waals surface area (Å²) in [5.41, 5.74) is 3.89. The van der Waals surface area contributed by atoms with E-state index in [2.05, 4.69) is 29.4 Å². The van der Waals surface area contributed by atoms with Gasteiger partial charge in [0, 0.05) is 12.6 Å². The summed E-state index contributed by atoms with van der Waals surface area (Å²) >= 11 is 0. The molecule has 2 aromatic rings. The zero-order valence-electron chi connectivity index (χ0n) is 11.9. The molecule has 1 aliphatic carbocycles. The molecule has 0 atom stereocenters. The summed E-state index contributed by atoms with van der Waals surface area (Å²) in [6.45, 7) is 3.81. The van der Waals surface area contributed by atoms with E-state index in [0.717, 1.165) is 24.5 Å². The lowest BCUT2D eigenvalue weighted by atomic mass is 10.1. The van der Waals surface area contributed by atoms with Gasteiger partial charge in [0.25, 0.3) is 0 Å². The highest BCUT2D eigenvalue weighted by Gasteiger charge is 2.11. The largest absolute Gasteiger partial charge is 0.439 e. The van der Waals surface area contributed by atoms with E-state index in [-0.39, 0.29) is 0 Å². The Labute approximate surface area is 120 Å². The molecule has 104 valence electrons. The second-order valence-corrected chi connectivity index (χ2v) is 5.13. The standard InChI is InChI=1S/C17H20N2O/c1-2-18-12-15-7-4-8-17(19-15)20-16-10-9-13-5-3-6-14(13)11-16/h4,7-11,18H,2-3,5-6,12H2,1H3. The first-order valence-corrected chi connectivity index (χ1v) is 7.31. The highest BCUT2D eigenvalue weighted by Crippen LogP contribution is 2.28. The molecule has 1 aliphatic rings. The Morgan fingerprint density at radius 1 is 1.15 bits per heavy atom. The number of aryl methyl sites for hydroxylation is 2. The summed E-state index contributed by atoms with van der Waals surface area (Å²) in [5, 5.41) is 3.27. The molecule has 0 saturated carbocycles. The third-order valence-electron chi connectivity index (χ3n) is 3.63. The van der Waals surface area contributed by atoms with Crippen molar-refractivity contribution in [1.82, 2.24) is 10.3 Å². The van der Waals surface area contributed by atoms with Gasteiger partial charge < -0.3 is 10.1 Å². The number of benzene rings is 1. The van der Waals surface area contributed by atoms with Crippen LogP contribution in [0.3, 0.4) is 0 Å². The van der Waals surface area contributed by atoms with Gasteiger partial charge in [-0.15, -0.1) is 0 Å². The van der Waals surface area contributed by atoms with Crippen LogP contribution in [0.15, 0.2) is 36.4 Å². The van der Waals surface area contributed by atoms with Crippen molar-refractivity contribution in [2.24, 2.45) is 0 Å². The Balaban J connectivity index is 1.74. The molecule has 0 aliphatic heterocycles. The van der Waals surface area contributed by atoms with Crippen LogP contribution in [-0.4, -0.2) is 11.5 Å². The lowest BCUT2D eigenvalue weighted by Crippen LogP contribution is -2.12. The minimum Gasteiger partial charge on any atom is -0.439 e. The SMILES string of the molecule is CCNCc1cccc(Oc2ccc3c(c2)CCC3)n1. The molecule has 0 bridgehead atoms. The van der Waals surface area contributed by atoms with Crippen molar-refractivity contribution in [3.05, 3.63) is 53.2 Å². The number of nitrogens with zero attached hydrogens (tertiary/aromatic N) is 1. The van der Waals surface area contributed by atoms with Crippen LogP contribution in [-0.2, 0) is 19.4 Å². The maximum absolute atomic E-state index is 5.89. The van der Waals surface area contributed by atoms with Crippen LogP contribution in [0.25, 0.3) is 0 Å². The van der Waals surface area contributed by atoms with Crippen molar-refractivity contribution in [1.29, 1.82) is 0 Å². The van der Waals surface area contributed by atoms with Crippen LogP contribution in [0.1, 0.15) is 30.2 Å². The molecule has 3 heteroatoms. The normalized spacial score (nSPS) is 13.2. The van der Waals surface area contributed by atoms with Crippen LogP contribution in [0.2, 0.25) is 0 Å². The fourth-order valence-electron chi connectivity index (χ4n) is 2.60. The van der Waals surface area contributed by atoms with E-state index in [9.17, 15) is 0 Å².